The minimum atomic E-state index is 0. The van der Waals surface area contributed by atoms with Gasteiger partial charge in [-0.05, 0) is 70.8 Å². The summed E-state index contributed by atoms with van der Waals surface area (Å²) in [5.41, 5.74) is 0. The molecule has 0 spiro atoms. The molecule has 0 heterocycles. The first kappa shape index (κ1) is 15.9. The molecule has 0 saturated heterocycles. The summed E-state index contributed by atoms with van der Waals surface area (Å²) in [7, 11) is 0. The Balaban J connectivity index is 0.000000318. The Kier molecular flexibility index (Phi) is 10.1. The molecule has 0 aromatic heterocycles. The predicted molar refractivity (Wildman–Crippen MR) is 61.8 cm³/mol. The molecule has 2 aliphatic carbocycles. The third-order valence-corrected chi connectivity index (χ3v) is 1.75. The Morgan fingerprint density at radius 3 is 1.75 bits per heavy atom. The summed E-state index contributed by atoms with van der Waals surface area (Å²) in [6.45, 7) is 1.54. The van der Waals surface area contributed by atoms with E-state index in [0.29, 0.717) is 0 Å². The van der Waals surface area contributed by atoms with E-state index >= 15 is 0 Å². The van der Waals surface area contributed by atoms with Crippen molar-refractivity contribution in [2.24, 2.45) is 0 Å². The summed E-state index contributed by atoms with van der Waals surface area (Å²) >= 11 is 0. The molecule has 0 amide bonds. The van der Waals surface area contributed by atoms with Crippen LogP contribution in [0, 0.1) is 63.7 Å². The van der Waals surface area contributed by atoms with Crippen LogP contribution < -0.4 is 0 Å². The Labute approximate surface area is 111 Å². The topological polar surface area (TPSA) is 17.1 Å². The molecule has 2 saturated carbocycles. The van der Waals surface area contributed by atoms with Crippen LogP contribution in [0.25, 0.3) is 0 Å². The SMILES string of the molecule is CC(=O)/C=C/[C]1[CH][CH][CH][CH]1.[CH]1[CH][CH][CH][CH]1.[Fe+2]. The number of hydrogen-bond donors (Lipinski definition) is 0. The van der Waals surface area contributed by atoms with E-state index < -0.39 is 0 Å². The van der Waals surface area contributed by atoms with Gasteiger partial charge in [0.2, 0.25) is 0 Å². The molecule has 0 aromatic carbocycles. The molecule has 82 valence electrons. The maximum atomic E-state index is 10.5. The quantitative estimate of drug-likeness (QED) is 0.546. The minimum Gasteiger partial charge on any atom is -0.295 e. The molecule has 16 heavy (non-hydrogen) atoms. The maximum Gasteiger partial charge on any atom is 2.00 e. The van der Waals surface area contributed by atoms with E-state index in [-0.39, 0.29) is 22.9 Å². The molecular weight excluding hydrogens is 240 g/mol. The first-order valence-electron chi connectivity index (χ1n) is 4.86. The molecule has 0 aromatic rings. The van der Waals surface area contributed by atoms with Crippen LogP contribution in [0.4, 0.5) is 0 Å². The summed E-state index contributed by atoms with van der Waals surface area (Å²) in [5, 5.41) is 0. The van der Waals surface area contributed by atoms with Crippen molar-refractivity contribution in [3.05, 3.63) is 75.9 Å². The Bertz CT molecular complexity index is 193. The van der Waals surface area contributed by atoms with Crippen LogP contribution in [0.3, 0.4) is 0 Å². The summed E-state index contributed by atoms with van der Waals surface area (Å²) in [6, 6.07) is 0. The average molecular weight is 254 g/mol. The van der Waals surface area contributed by atoms with E-state index in [1.165, 1.54) is 0 Å². The fraction of sp³-hybridized carbons (Fsp3) is 0.0714. The van der Waals surface area contributed by atoms with Crippen LogP contribution >= 0.6 is 0 Å². The molecule has 1 nitrogen and oxygen atoms in total. The van der Waals surface area contributed by atoms with Gasteiger partial charge in [-0.1, -0.05) is 6.08 Å². The van der Waals surface area contributed by atoms with Crippen molar-refractivity contribution < 1.29 is 21.9 Å². The second-order valence-electron chi connectivity index (χ2n) is 3.12. The van der Waals surface area contributed by atoms with Gasteiger partial charge in [0.1, 0.15) is 0 Å². The van der Waals surface area contributed by atoms with Crippen molar-refractivity contribution in [3.8, 4) is 0 Å². The molecule has 0 unspecified atom stereocenters. The van der Waals surface area contributed by atoms with Crippen molar-refractivity contribution in [3.63, 3.8) is 0 Å². The van der Waals surface area contributed by atoms with Gasteiger partial charge < -0.3 is 0 Å². The minimum absolute atomic E-state index is 0. The summed E-state index contributed by atoms with van der Waals surface area (Å²) in [6.07, 6.45) is 21.2. The maximum absolute atomic E-state index is 10.5. The number of allylic oxidation sites excluding steroid dienone is 2. The smallest absolute Gasteiger partial charge is 0.295 e. The average Bonchev–Trinajstić information content (AvgIpc) is 2.91. The summed E-state index contributed by atoms with van der Waals surface area (Å²) < 4.78 is 0. The first-order chi connectivity index (χ1) is 7.29. The summed E-state index contributed by atoms with van der Waals surface area (Å²) in [4.78, 5) is 10.5. The third-order valence-electron chi connectivity index (χ3n) is 1.75. The molecule has 0 bridgehead atoms. The van der Waals surface area contributed by atoms with Crippen molar-refractivity contribution in [2.75, 3.05) is 0 Å². The van der Waals surface area contributed by atoms with Crippen LogP contribution in [0.5, 0.6) is 0 Å². The van der Waals surface area contributed by atoms with Gasteiger partial charge in [-0.25, -0.2) is 0 Å². The van der Waals surface area contributed by atoms with Crippen LogP contribution in [-0.4, -0.2) is 5.78 Å². The van der Waals surface area contributed by atoms with Gasteiger partial charge in [0.15, 0.2) is 5.78 Å². The molecule has 2 rings (SSSR count). The molecule has 10 radical (unpaired) electrons. The molecule has 0 N–H and O–H groups in total. The number of rotatable bonds is 2. The Morgan fingerprint density at radius 2 is 1.38 bits per heavy atom. The Hall–Kier alpha value is -0.0705. The molecule has 0 aliphatic heterocycles. The molecular formula is C14H14FeO+2. The van der Waals surface area contributed by atoms with Gasteiger partial charge in [-0.15, -0.1) is 0 Å². The zero-order valence-electron chi connectivity index (χ0n) is 9.11. The number of carbonyl (C=O) groups is 1. The first-order valence-corrected chi connectivity index (χ1v) is 4.86. The van der Waals surface area contributed by atoms with Gasteiger partial charge in [0.25, 0.3) is 0 Å². The zero-order chi connectivity index (χ0) is 10.9. The van der Waals surface area contributed by atoms with Gasteiger partial charge in [-0.2, -0.15) is 0 Å². The van der Waals surface area contributed by atoms with Crippen LogP contribution in [0.1, 0.15) is 6.92 Å². The van der Waals surface area contributed by atoms with Crippen LogP contribution in [0.2, 0.25) is 0 Å². The Morgan fingerprint density at radius 1 is 0.938 bits per heavy atom. The zero-order valence-corrected chi connectivity index (χ0v) is 10.2. The van der Waals surface area contributed by atoms with Crippen LogP contribution in [0.15, 0.2) is 12.2 Å². The van der Waals surface area contributed by atoms with E-state index in [9.17, 15) is 4.79 Å². The fourth-order valence-corrected chi connectivity index (χ4v) is 1.03. The monoisotopic (exact) mass is 254 g/mol. The fourth-order valence-electron chi connectivity index (χ4n) is 1.03. The van der Waals surface area contributed by atoms with E-state index in [2.05, 4.69) is 0 Å². The molecule has 0 atom stereocenters. The van der Waals surface area contributed by atoms with Gasteiger partial charge >= 0.3 is 17.1 Å². The standard InChI is InChI=1S/C9H9O.C5H5.Fe/c1-8(10)6-7-9-4-2-3-5-9;1-2-4-5-3-1;/h2-7H,1H3;1-5H;/q;;+2/b7-6+;;. The third kappa shape index (κ3) is 8.12. The van der Waals surface area contributed by atoms with E-state index in [1.54, 1.807) is 13.0 Å². The van der Waals surface area contributed by atoms with Gasteiger partial charge in [-0.3, -0.25) is 4.79 Å². The van der Waals surface area contributed by atoms with Crippen molar-refractivity contribution in [1.82, 2.24) is 0 Å². The normalized spacial score (nSPS) is 20.3. The molecule has 2 heteroatoms. The largest absolute Gasteiger partial charge is 2.00 e. The van der Waals surface area contributed by atoms with Crippen LogP contribution in [-0.2, 0) is 21.9 Å². The number of hydrogen-bond acceptors (Lipinski definition) is 1. The van der Waals surface area contributed by atoms with E-state index in [1.807, 2.05) is 63.9 Å². The van der Waals surface area contributed by atoms with Gasteiger partial charge in [0.05, 0.1) is 0 Å². The van der Waals surface area contributed by atoms with Gasteiger partial charge in [0, 0.05) is 5.92 Å². The second-order valence-corrected chi connectivity index (χ2v) is 3.12. The van der Waals surface area contributed by atoms with Crippen molar-refractivity contribution in [1.29, 1.82) is 0 Å². The molecule has 2 aliphatic rings. The summed E-state index contributed by atoms with van der Waals surface area (Å²) in [5.74, 6) is 1.16. The van der Waals surface area contributed by atoms with E-state index in [0.717, 1.165) is 5.92 Å². The molecule has 2 fully saturated rings. The number of carbonyl (C=O) groups excluding carboxylic acids is 1. The van der Waals surface area contributed by atoms with Crippen molar-refractivity contribution in [2.45, 2.75) is 6.92 Å². The predicted octanol–water partition coefficient (Wildman–Crippen LogP) is 2.56. The van der Waals surface area contributed by atoms with E-state index in [4.69, 9.17) is 0 Å². The number of ketones is 1. The second kappa shape index (κ2) is 10.1. The van der Waals surface area contributed by atoms with Crippen molar-refractivity contribution >= 4 is 5.78 Å².